The number of thioether (sulfide) groups is 1. The second-order valence-corrected chi connectivity index (χ2v) is 11.4. The van der Waals surface area contributed by atoms with Crippen LogP contribution in [0.3, 0.4) is 0 Å². The smallest absolute Gasteiger partial charge is 0.268 e. The van der Waals surface area contributed by atoms with E-state index in [0.717, 1.165) is 16.1 Å². The van der Waals surface area contributed by atoms with E-state index in [9.17, 15) is 17.6 Å². The quantitative estimate of drug-likeness (QED) is 0.235. The van der Waals surface area contributed by atoms with Gasteiger partial charge in [-0.2, -0.15) is 0 Å². The van der Waals surface area contributed by atoms with Crippen LogP contribution in [0.4, 0.5) is 15.8 Å². The first-order chi connectivity index (χ1) is 18.3. The molecule has 5 rings (SSSR count). The van der Waals surface area contributed by atoms with Crippen molar-refractivity contribution in [3.8, 4) is 17.0 Å². The number of hydrogen-bond donors (Lipinski definition) is 1. The van der Waals surface area contributed by atoms with Crippen molar-refractivity contribution in [2.45, 2.75) is 16.6 Å². The molecule has 194 valence electrons. The molecule has 8 nitrogen and oxygen atoms in total. The topological polar surface area (TPSA) is 101 Å². The first kappa shape index (κ1) is 26.0. The number of nitrogens with zero attached hydrogens (tertiary/aromatic N) is 3. The number of carbonyl (C=O) groups is 1. The molecule has 3 aromatic carbocycles. The summed E-state index contributed by atoms with van der Waals surface area (Å²) in [6.07, 6.45) is 1.20. The van der Waals surface area contributed by atoms with Crippen molar-refractivity contribution >= 4 is 50.7 Å². The monoisotopic (exact) mass is 570 g/mol. The lowest BCUT2D eigenvalue weighted by atomic mass is 10.1. The van der Waals surface area contributed by atoms with E-state index in [0.29, 0.717) is 27.7 Å². The van der Waals surface area contributed by atoms with Crippen molar-refractivity contribution in [2.24, 2.45) is 0 Å². The van der Waals surface area contributed by atoms with Gasteiger partial charge in [-0.3, -0.25) is 9.10 Å². The fourth-order valence-corrected chi connectivity index (χ4v) is 6.32. The second kappa shape index (κ2) is 10.6. The number of anilines is 2. The summed E-state index contributed by atoms with van der Waals surface area (Å²) in [5.74, 6) is -0.327. The van der Waals surface area contributed by atoms with E-state index >= 15 is 0 Å². The fraction of sp³-hybridized carbons (Fsp3) is 0.115. The van der Waals surface area contributed by atoms with Crippen LogP contribution in [-0.2, 0) is 21.4 Å². The summed E-state index contributed by atoms with van der Waals surface area (Å²) in [5.41, 5.74) is 1.68. The molecule has 1 N–H and O–H groups in total. The van der Waals surface area contributed by atoms with Crippen molar-refractivity contribution in [1.82, 2.24) is 9.97 Å². The van der Waals surface area contributed by atoms with Crippen molar-refractivity contribution in [1.29, 1.82) is 0 Å². The molecule has 0 saturated carbocycles. The number of rotatable bonds is 7. The summed E-state index contributed by atoms with van der Waals surface area (Å²) in [6.45, 7) is -0.220. The molecular weight excluding hydrogens is 551 g/mol. The first-order valence-electron chi connectivity index (χ1n) is 11.3. The average Bonchev–Trinajstić information content (AvgIpc) is 2.91. The van der Waals surface area contributed by atoms with Gasteiger partial charge in [-0.1, -0.05) is 53.7 Å². The number of fused-ring (bicyclic) bond motifs is 3. The number of amides is 1. The maximum Gasteiger partial charge on any atom is 0.268 e. The van der Waals surface area contributed by atoms with Gasteiger partial charge in [0.2, 0.25) is 5.91 Å². The normalized spacial score (nSPS) is 13.4. The van der Waals surface area contributed by atoms with E-state index in [-0.39, 0.29) is 39.5 Å². The molecule has 1 aliphatic rings. The minimum atomic E-state index is -4.12. The molecule has 38 heavy (non-hydrogen) atoms. The molecular formula is C26H20ClFN4O4S2. The minimum absolute atomic E-state index is 0.0224. The maximum absolute atomic E-state index is 14.4. The molecule has 0 saturated heterocycles. The molecule has 1 amide bonds. The molecule has 0 unspecified atom stereocenters. The van der Waals surface area contributed by atoms with E-state index < -0.39 is 15.8 Å². The van der Waals surface area contributed by atoms with Gasteiger partial charge in [0.05, 0.1) is 42.7 Å². The summed E-state index contributed by atoms with van der Waals surface area (Å²) >= 11 is 7.30. The molecule has 1 aliphatic heterocycles. The van der Waals surface area contributed by atoms with Gasteiger partial charge in [0.25, 0.3) is 10.0 Å². The maximum atomic E-state index is 14.4. The minimum Gasteiger partial charge on any atom is -0.495 e. The van der Waals surface area contributed by atoms with E-state index in [1.54, 1.807) is 48.5 Å². The predicted molar refractivity (Wildman–Crippen MR) is 145 cm³/mol. The Hall–Kier alpha value is -3.67. The van der Waals surface area contributed by atoms with Crippen molar-refractivity contribution in [2.75, 3.05) is 22.5 Å². The summed E-state index contributed by atoms with van der Waals surface area (Å²) in [5, 5.41) is 3.36. The standard InChI is InChI=1S/C26H20ClFN4O4S2/c1-36-22-9-5-4-8-20(22)30-24(33)15-37-26-29-13-23-25(31-26)18-12-17(27)10-11-21(18)32(38(23,34)35)14-16-6-2-3-7-19(16)28/h2-13H,14-15H2,1H3,(H,30,33). The number of halogens is 2. The fourth-order valence-electron chi connectivity index (χ4n) is 3.99. The highest BCUT2D eigenvalue weighted by atomic mass is 35.5. The molecule has 0 atom stereocenters. The Morgan fingerprint density at radius 3 is 2.68 bits per heavy atom. The van der Waals surface area contributed by atoms with Gasteiger partial charge in [0.1, 0.15) is 16.5 Å². The number of benzene rings is 3. The molecule has 12 heteroatoms. The van der Waals surface area contributed by atoms with Gasteiger partial charge in [-0.05, 0) is 36.4 Å². The van der Waals surface area contributed by atoms with Crippen LogP contribution in [-0.4, -0.2) is 37.2 Å². The Morgan fingerprint density at radius 2 is 1.89 bits per heavy atom. The number of hydrogen-bond acceptors (Lipinski definition) is 7. The van der Waals surface area contributed by atoms with Crippen LogP contribution in [0.5, 0.6) is 5.75 Å². The Kier molecular flexibility index (Phi) is 7.24. The number of para-hydroxylation sites is 2. The van der Waals surface area contributed by atoms with Gasteiger partial charge < -0.3 is 10.1 Å². The number of aromatic nitrogens is 2. The van der Waals surface area contributed by atoms with Crippen LogP contribution in [0.1, 0.15) is 5.56 Å². The lowest BCUT2D eigenvalue weighted by Gasteiger charge is -2.31. The Morgan fingerprint density at radius 1 is 1.13 bits per heavy atom. The van der Waals surface area contributed by atoms with Gasteiger partial charge in [0.15, 0.2) is 5.16 Å². The molecule has 0 aliphatic carbocycles. The van der Waals surface area contributed by atoms with Crippen LogP contribution >= 0.6 is 23.4 Å². The number of nitrogens with one attached hydrogen (secondary N) is 1. The average molecular weight is 571 g/mol. The predicted octanol–water partition coefficient (Wildman–Crippen LogP) is 5.38. The van der Waals surface area contributed by atoms with Crippen molar-refractivity contribution in [3.05, 3.63) is 89.3 Å². The largest absolute Gasteiger partial charge is 0.495 e. The summed E-state index contributed by atoms with van der Waals surface area (Å²) in [4.78, 5) is 21.1. The summed E-state index contributed by atoms with van der Waals surface area (Å²) in [7, 11) is -2.61. The number of ether oxygens (including phenoxy) is 1. The number of carbonyl (C=O) groups excluding carboxylic acids is 1. The Bertz CT molecular complexity index is 1650. The molecule has 0 radical (unpaired) electrons. The summed E-state index contributed by atoms with van der Waals surface area (Å²) in [6, 6.07) is 17.7. The summed E-state index contributed by atoms with van der Waals surface area (Å²) < 4.78 is 48.0. The third kappa shape index (κ3) is 5.04. The molecule has 0 fully saturated rings. The van der Waals surface area contributed by atoms with Gasteiger partial charge in [-0.15, -0.1) is 0 Å². The SMILES string of the molecule is COc1ccccc1NC(=O)CSc1ncc2c(n1)-c1cc(Cl)ccc1N(Cc1ccccc1F)S2(=O)=O. The third-order valence-electron chi connectivity index (χ3n) is 5.77. The second-order valence-electron chi connectivity index (χ2n) is 8.17. The van der Waals surface area contributed by atoms with Crippen LogP contribution in [0.25, 0.3) is 11.3 Å². The van der Waals surface area contributed by atoms with Crippen molar-refractivity contribution < 1.29 is 22.3 Å². The molecule has 1 aromatic heterocycles. The lowest BCUT2D eigenvalue weighted by molar-refractivity contribution is -0.113. The first-order valence-corrected chi connectivity index (χ1v) is 14.1. The van der Waals surface area contributed by atoms with E-state index in [1.165, 1.54) is 31.5 Å². The van der Waals surface area contributed by atoms with Crippen molar-refractivity contribution in [3.63, 3.8) is 0 Å². The number of methoxy groups -OCH3 is 1. The third-order valence-corrected chi connectivity index (χ3v) is 8.63. The van der Waals surface area contributed by atoms with Crippen LogP contribution in [0.15, 0.2) is 83.0 Å². The highest BCUT2D eigenvalue weighted by Crippen LogP contribution is 2.44. The highest BCUT2D eigenvalue weighted by Gasteiger charge is 2.37. The zero-order chi connectivity index (χ0) is 26.9. The van der Waals surface area contributed by atoms with E-state index in [1.807, 2.05) is 0 Å². The zero-order valence-electron chi connectivity index (χ0n) is 19.9. The molecule has 0 spiro atoms. The zero-order valence-corrected chi connectivity index (χ0v) is 22.3. The molecule has 0 bridgehead atoms. The van der Waals surface area contributed by atoms with Crippen LogP contribution in [0.2, 0.25) is 5.02 Å². The highest BCUT2D eigenvalue weighted by molar-refractivity contribution is 7.99. The van der Waals surface area contributed by atoms with E-state index in [2.05, 4.69) is 15.3 Å². The van der Waals surface area contributed by atoms with E-state index in [4.69, 9.17) is 16.3 Å². The lowest BCUT2D eigenvalue weighted by Crippen LogP contribution is -2.34. The Labute approximate surface area is 227 Å². The Balaban J connectivity index is 1.44. The van der Waals surface area contributed by atoms with Gasteiger partial charge in [0, 0.05) is 16.1 Å². The van der Waals surface area contributed by atoms with Gasteiger partial charge >= 0.3 is 0 Å². The molecule has 4 aromatic rings. The van der Waals surface area contributed by atoms with Crippen LogP contribution < -0.4 is 14.4 Å². The van der Waals surface area contributed by atoms with Gasteiger partial charge in [-0.25, -0.2) is 22.8 Å². The van der Waals surface area contributed by atoms with Crippen LogP contribution in [0, 0.1) is 5.82 Å². The molecule has 2 heterocycles. The number of sulfonamides is 1.